The monoisotopic (exact) mass is 688 g/mol. The lowest BCUT2D eigenvalue weighted by Crippen LogP contribution is -2.48. The average Bonchev–Trinajstić information content (AvgIpc) is 3.11. The van der Waals surface area contributed by atoms with E-state index in [1.54, 1.807) is 6.08 Å². The van der Waals surface area contributed by atoms with Gasteiger partial charge in [0.1, 0.15) is 6.10 Å². The fourth-order valence-corrected chi connectivity index (χ4v) is 6.10. The predicted molar refractivity (Wildman–Crippen MR) is 213 cm³/mol. The highest BCUT2D eigenvalue weighted by molar-refractivity contribution is 5.80. The van der Waals surface area contributed by atoms with Crippen molar-refractivity contribution in [1.82, 2.24) is 5.32 Å². The molecule has 0 aliphatic heterocycles. The molecule has 0 aromatic carbocycles. The predicted octanol–water partition coefficient (Wildman–Crippen LogP) is 11.8. The lowest BCUT2D eigenvalue weighted by Gasteiger charge is -2.21. The molecule has 0 aromatic rings. The Morgan fingerprint density at radius 2 is 0.898 bits per heavy atom. The van der Waals surface area contributed by atoms with Crippen molar-refractivity contribution in [1.29, 1.82) is 0 Å². The molecule has 0 rings (SSSR count). The van der Waals surface area contributed by atoms with Crippen molar-refractivity contribution >= 4 is 5.91 Å². The smallest absolute Gasteiger partial charge is 0.249 e. The van der Waals surface area contributed by atoms with E-state index in [0.717, 1.165) is 51.4 Å². The third-order valence-electron chi connectivity index (χ3n) is 9.38. The molecule has 0 aliphatic carbocycles. The molecule has 5 heteroatoms. The molecular weight excluding hydrogens is 606 g/mol. The van der Waals surface area contributed by atoms with Gasteiger partial charge in [0.25, 0.3) is 0 Å². The Hall–Kier alpha value is -1.69. The van der Waals surface area contributed by atoms with Gasteiger partial charge < -0.3 is 20.6 Å². The van der Waals surface area contributed by atoms with Gasteiger partial charge in [-0.15, -0.1) is 0 Å². The summed E-state index contributed by atoms with van der Waals surface area (Å²) < 4.78 is 0. The molecule has 0 radical (unpaired) electrons. The topological polar surface area (TPSA) is 89.8 Å². The Balaban J connectivity index is 3.63. The van der Waals surface area contributed by atoms with E-state index in [-0.39, 0.29) is 6.61 Å². The minimum atomic E-state index is -1.11. The van der Waals surface area contributed by atoms with Gasteiger partial charge in [-0.1, -0.05) is 184 Å². The normalized spacial score (nSPS) is 14.1. The Kier molecular flexibility index (Phi) is 37.8. The zero-order valence-corrected chi connectivity index (χ0v) is 32.3. The number of carbonyl (C=O) groups excluding carboxylic acids is 1. The number of hydrogen-bond acceptors (Lipinski definition) is 4. The first-order valence-electron chi connectivity index (χ1n) is 21.0. The van der Waals surface area contributed by atoms with Crippen molar-refractivity contribution in [3.8, 4) is 0 Å². The van der Waals surface area contributed by atoms with Crippen LogP contribution in [0.2, 0.25) is 0 Å². The largest absolute Gasteiger partial charge is 0.394 e. The fraction of sp³-hybridized carbons (Fsp3) is 0.795. The summed E-state index contributed by atoms with van der Waals surface area (Å²) in [6, 6.07) is -0.820. The lowest BCUT2D eigenvalue weighted by molar-refractivity contribution is -0.131. The first-order valence-corrected chi connectivity index (χ1v) is 21.0. The van der Waals surface area contributed by atoms with Gasteiger partial charge in [-0.05, 0) is 64.2 Å². The maximum atomic E-state index is 12.4. The molecule has 4 N–H and O–H groups in total. The summed E-state index contributed by atoms with van der Waals surface area (Å²) in [5.74, 6) is -0.522. The van der Waals surface area contributed by atoms with Crippen molar-refractivity contribution in [2.45, 2.75) is 218 Å². The molecule has 0 aliphatic rings. The first-order chi connectivity index (χ1) is 24.1. The second-order valence-electron chi connectivity index (χ2n) is 14.1. The van der Waals surface area contributed by atoms with E-state index in [9.17, 15) is 20.1 Å². The molecule has 0 bridgehead atoms. The van der Waals surface area contributed by atoms with E-state index in [0.29, 0.717) is 6.42 Å². The van der Waals surface area contributed by atoms with Crippen LogP contribution in [-0.4, -0.2) is 46.1 Å². The molecule has 0 heterocycles. The van der Waals surface area contributed by atoms with Gasteiger partial charge in [-0.3, -0.25) is 4.79 Å². The summed E-state index contributed by atoms with van der Waals surface area (Å²) in [4.78, 5) is 12.4. The summed E-state index contributed by atoms with van der Waals surface area (Å²) in [5.41, 5.74) is 0. The molecule has 1 amide bonds. The van der Waals surface area contributed by atoms with Crippen LogP contribution >= 0.6 is 0 Å². The van der Waals surface area contributed by atoms with Gasteiger partial charge in [-0.25, -0.2) is 0 Å². The number of unbranched alkanes of at least 4 members (excludes halogenated alkanes) is 23. The molecule has 0 saturated heterocycles. The number of amides is 1. The van der Waals surface area contributed by atoms with Crippen molar-refractivity contribution in [3.63, 3.8) is 0 Å². The highest BCUT2D eigenvalue weighted by Crippen LogP contribution is 2.14. The Morgan fingerprint density at radius 1 is 0.510 bits per heavy atom. The zero-order valence-electron chi connectivity index (χ0n) is 32.3. The van der Waals surface area contributed by atoms with E-state index in [2.05, 4.69) is 55.6 Å². The maximum absolute atomic E-state index is 12.4. The minimum absolute atomic E-state index is 0.384. The molecule has 49 heavy (non-hydrogen) atoms. The second kappa shape index (κ2) is 39.1. The second-order valence-corrected chi connectivity index (χ2v) is 14.1. The lowest BCUT2D eigenvalue weighted by atomic mass is 10.0. The highest BCUT2D eigenvalue weighted by atomic mass is 16.3. The number of nitrogens with one attached hydrogen (secondary N) is 1. The number of rotatable bonds is 37. The third kappa shape index (κ3) is 34.5. The molecule has 0 fully saturated rings. The van der Waals surface area contributed by atoms with E-state index in [4.69, 9.17) is 0 Å². The van der Waals surface area contributed by atoms with Crippen molar-refractivity contribution in [2.24, 2.45) is 0 Å². The maximum Gasteiger partial charge on any atom is 0.249 e. The fourth-order valence-electron chi connectivity index (χ4n) is 6.10. The van der Waals surface area contributed by atoms with Gasteiger partial charge in [0.15, 0.2) is 0 Å². The molecule has 3 unspecified atom stereocenters. The molecule has 0 spiro atoms. The first kappa shape index (κ1) is 47.3. The van der Waals surface area contributed by atoms with E-state index in [1.165, 1.54) is 128 Å². The molecule has 286 valence electrons. The number of hydrogen-bond donors (Lipinski definition) is 4. The third-order valence-corrected chi connectivity index (χ3v) is 9.38. The van der Waals surface area contributed by atoms with Crippen LogP contribution < -0.4 is 5.32 Å². The summed E-state index contributed by atoms with van der Waals surface area (Å²) in [5, 5.41) is 32.9. The Labute approximate surface area is 304 Å². The van der Waals surface area contributed by atoms with Gasteiger partial charge in [-0.2, -0.15) is 0 Å². The quantitative estimate of drug-likeness (QED) is 0.0386. The molecule has 0 aromatic heterocycles. The summed E-state index contributed by atoms with van der Waals surface area (Å²) in [6.45, 7) is 4.03. The Bertz CT molecular complexity index is 805. The van der Waals surface area contributed by atoms with Crippen LogP contribution in [0.5, 0.6) is 0 Å². The SMILES string of the molecule is CC/C=C/CC/C=C/CC/C=C/C(O)C(CO)NC(=O)C(O)CCCCCCCCCCC/C=C\CCCCCCCCCCCCCC. The van der Waals surface area contributed by atoms with Crippen LogP contribution in [0.25, 0.3) is 0 Å². The molecule has 0 saturated carbocycles. The van der Waals surface area contributed by atoms with Crippen molar-refractivity contribution in [2.75, 3.05) is 6.61 Å². The average molecular weight is 688 g/mol. The summed E-state index contributed by atoms with van der Waals surface area (Å²) in [6.07, 6.45) is 50.2. The van der Waals surface area contributed by atoms with Gasteiger partial charge >= 0.3 is 0 Å². The Morgan fingerprint density at radius 3 is 1.35 bits per heavy atom. The van der Waals surface area contributed by atoms with Crippen LogP contribution in [0.15, 0.2) is 48.6 Å². The highest BCUT2D eigenvalue weighted by Gasteiger charge is 2.22. The summed E-state index contributed by atoms with van der Waals surface area (Å²) in [7, 11) is 0. The van der Waals surface area contributed by atoms with Crippen LogP contribution in [0.1, 0.15) is 200 Å². The number of aliphatic hydroxyl groups is 3. The van der Waals surface area contributed by atoms with Crippen molar-refractivity contribution in [3.05, 3.63) is 48.6 Å². The molecule has 3 atom stereocenters. The minimum Gasteiger partial charge on any atom is -0.394 e. The van der Waals surface area contributed by atoms with Gasteiger partial charge in [0.05, 0.1) is 18.8 Å². The van der Waals surface area contributed by atoms with E-state index >= 15 is 0 Å². The van der Waals surface area contributed by atoms with Gasteiger partial charge in [0, 0.05) is 0 Å². The molecular formula is C44H81NO4. The number of carbonyl (C=O) groups is 1. The zero-order chi connectivity index (χ0) is 35.9. The summed E-state index contributed by atoms with van der Waals surface area (Å²) >= 11 is 0. The van der Waals surface area contributed by atoms with Crippen LogP contribution in [-0.2, 0) is 4.79 Å². The van der Waals surface area contributed by atoms with Crippen LogP contribution in [0.4, 0.5) is 0 Å². The van der Waals surface area contributed by atoms with Crippen LogP contribution in [0.3, 0.4) is 0 Å². The number of aliphatic hydroxyl groups excluding tert-OH is 3. The number of allylic oxidation sites excluding steroid dienone is 7. The van der Waals surface area contributed by atoms with Crippen molar-refractivity contribution < 1.29 is 20.1 Å². The molecule has 5 nitrogen and oxygen atoms in total. The van der Waals surface area contributed by atoms with Gasteiger partial charge in [0.2, 0.25) is 5.91 Å². The van der Waals surface area contributed by atoms with Crippen LogP contribution in [0, 0.1) is 0 Å². The van der Waals surface area contributed by atoms with E-state index < -0.39 is 24.2 Å². The standard InChI is InChI=1S/C44H81NO4/c1-3-5-7-9-11-13-15-16-17-18-19-20-21-22-23-24-25-26-27-28-29-31-33-35-37-39-43(48)44(49)45-41(40-46)42(47)38-36-34-32-30-14-12-10-8-6-4-2/h6,8,14,22-23,30,36,38,41-43,46-48H,3-5,7,9-13,15-21,24-29,31-35,37,39-40H2,1-2H3,(H,45,49)/b8-6+,23-22-,30-14+,38-36+. The van der Waals surface area contributed by atoms with E-state index in [1.807, 2.05) is 6.08 Å².